The average Bonchev–Trinajstić information content (AvgIpc) is 3.18. The molecule has 0 aliphatic carbocycles. The van der Waals surface area contributed by atoms with Crippen molar-refractivity contribution in [2.45, 2.75) is 5.16 Å². The molecule has 118 valence electrons. The Labute approximate surface area is 145 Å². The Kier molecular flexibility index (Phi) is 4.90. The fourth-order valence-electron chi connectivity index (χ4n) is 1.74. The quantitative estimate of drug-likeness (QED) is 0.662. The lowest BCUT2D eigenvalue weighted by atomic mass is 10.3. The number of furan rings is 1. The van der Waals surface area contributed by atoms with Gasteiger partial charge >= 0.3 is 0 Å². The van der Waals surface area contributed by atoms with Crippen LogP contribution in [0, 0.1) is 0 Å². The summed E-state index contributed by atoms with van der Waals surface area (Å²) in [6.45, 7) is 0. The molecule has 0 aliphatic rings. The van der Waals surface area contributed by atoms with Crippen LogP contribution in [0.3, 0.4) is 0 Å². The Morgan fingerprint density at radius 1 is 1.35 bits per heavy atom. The van der Waals surface area contributed by atoms with Crippen molar-refractivity contribution in [3.05, 3.63) is 46.6 Å². The van der Waals surface area contributed by atoms with E-state index in [0.29, 0.717) is 32.5 Å². The van der Waals surface area contributed by atoms with E-state index in [2.05, 4.69) is 20.5 Å². The van der Waals surface area contributed by atoms with Crippen molar-refractivity contribution in [3.8, 4) is 11.6 Å². The highest BCUT2D eigenvalue weighted by molar-refractivity contribution is 7.99. The van der Waals surface area contributed by atoms with Crippen molar-refractivity contribution >= 4 is 46.6 Å². The fourth-order valence-corrected chi connectivity index (χ4v) is 2.80. The molecule has 0 atom stereocenters. The lowest BCUT2D eigenvalue weighted by Crippen LogP contribution is -2.14. The molecule has 1 amide bonds. The third-order valence-electron chi connectivity index (χ3n) is 2.76. The number of nitrogens with zero attached hydrogens (tertiary/aromatic N) is 2. The summed E-state index contributed by atoms with van der Waals surface area (Å²) in [5.41, 5.74) is 0.507. The van der Waals surface area contributed by atoms with Crippen LogP contribution in [0.25, 0.3) is 11.6 Å². The van der Waals surface area contributed by atoms with Gasteiger partial charge in [0.1, 0.15) is 0 Å². The first-order chi connectivity index (χ1) is 11.1. The van der Waals surface area contributed by atoms with Crippen molar-refractivity contribution in [3.63, 3.8) is 0 Å². The van der Waals surface area contributed by atoms with Crippen LogP contribution < -0.4 is 5.32 Å². The van der Waals surface area contributed by atoms with Crippen molar-refractivity contribution in [1.82, 2.24) is 15.2 Å². The zero-order chi connectivity index (χ0) is 16.2. The van der Waals surface area contributed by atoms with Crippen molar-refractivity contribution in [2.24, 2.45) is 0 Å². The summed E-state index contributed by atoms with van der Waals surface area (Å²) in [4.78, 5) is 16.2. The SMILES string of the molecule is O=C(CSc1n[nH]c(-c2ccco2)n1)Nc1ccc(Cl)cc1Cl. The van der Waals surface area contributed by atoms with Gasteiger partial charge in [-0.25, -0.2) is 0 Å². The van der Waals surface area contributed by atoms with Crippen molar-refractivity contribution in [2.75, 3.05) is 11.1 Å². The molecule has 2 N–H and O–H groups in total. The van der Waals surface area contributed by atoms with E-state index >= 15 is 0 Å². The van der Waals surface area contributed by atoms with Gasteiger partial charge in [0.2, 0.25) is 11.1 Å². The molecule has 1 aromatic carbocycles. The second-order valence-electron chi connectivity index (χ2n) is 4.40. The van der Waals surface area contributed by atoms with E-state index < -0.39 is 0 Å². The molecule has 0 saturated heterocycles. The monoisotopic (exact) mass is 368 g/mol. The van der Waals surface area contributed by atoms with Gasteiger partial charge in [-0.3, -0.25) is 9.89 Å². The largest absolute Gasteiger partial charge is 0.461 e. The third-order valence-corrected chi connectivity index (χ3v) is 4.15. The molecule has 9 heteroatoms. The molecule has 23 heavy (non-hydrogen) atoms. The van der Waals surface area contributed by atoms with E-state index in [1.807, 2.05) is 0 Å². The summed E-state index contributed by atoms with van der Waals surface area (Å²) in [6.07, 6.45) is 1.55. The third kappa shape index (κ3) is 4.07. The number of thioether (sulfide) groups is 1. The van der Waals surface area contributed by atoms with Gasteiger partial charge < -0.3 is 9.73 Å². The number of anilines is 1. The second kappa shape index (κ2) is 7.08. The number of aromatic amines is 1. The lowest BCUT2D eigenvalue weighted by Gasteiger charge is -2.06. The summed E-state index contributed by atoms with van der Waals surface area (Å²) in [5.74, 6) is 1.03. The van der Waals surface area contributed by atoms with E-state index in [1.165, 1.54) is 11.8 Å². The number of amides is 1. The first-order valence-electron chi connectivity index (χ1n) is 6.46. The number of H-pyrrole nitrogens is 1. The van der Waals surface area contributed by atoms with Crippen LogP contribution in [-0.2, 0) is 4.79 Å². The summed E-state index contributed by atoms with van der Waals surface area (Å²) < 4.78 is 5.21. The van der Waals surface area contributed by atoms with E-state index in [9.17, 15) is 4.79 Å². The zero-order valence-corrected chi connectivity index (χ0v) is 13.9. The van der Waals surface area contributed by atoms with E-state index in [-0.39, 0.29) is 11.7 Å². The predicted octanol–water partition coefficient (Wildman–Crippen LogP) is 4.10. The number of rotatable bonds is 5. The highest BCUT2D eigenvalue weighted by Crippen LogP contribution is 2.26. The van der Waals surface area contributed by atoms with Crippen LogP contribution in [0.5, 0.6) is 0 Å². The highest BCUT2D eigenvalue weighted by atomic mass is 35.5. The van der Waals surface area contributed by atoms with Crippen molar-refractivity contribution < 1.29 is 9.21 Å². The number of carbonyl (C=O) groups is 1. The minimum absolute atomic E-state index is 0.147. The normalized spacial score (nSPS) is 10.7. The molecule has 3 rings (SSSR count). The molecular formula is C14H10Cl2N4O2S. The molecule has 0 spiro atoms. The molecule has 0 bridgehead atoms. The average molecular weight is 369 g/mol. The summed E-state index contributed by atoms with van der Waals surface area (Å²) in [5, 5.41) is 10.8. The Morgan fingerprint density at radius 3 is 2.96 bits per heavy atom. The van der Waals surface area contributed by atoms with Crippen LogP contribution in [0.15, 0.2) is 46.2 Å². The number of carbonyl (C=O) groups excluding carboxylic acids is 1. The molecule has 0 saturated carbocycles. The maximum Gasteiger partial charge on any atom is 0.234 e. The number of hydrogen-bond donors (Lipinski definition) is 2. The van der Waals surface area contributed by atoms with Crippen LogP contribution >= 0.6 is 35.0 Å². The summed E-state index contributed by atoms with van der Waals surface area (Å²) in [6, 6.07) is 8.39. The van der Waals surface area contributed by atoms with Crippen LogP contribution in [0.2, 0.25) is 10.0 Å². The van der Waals surface area contributed by atoms with E-state index in [4.69, 9.17) is 27.6 Å². The van der Waals surface area contributed by atoms with Gasteiger partial charge in [0, 0.05) is 5.02 Å². The van der Waals surface area contributed by atoms with Gasteiger partial charge in [-0.15, -0.1) is 5.10 Å². The molecule has 2 aromatic heterocycles. The summed E-state index contributed by atoms with van der Waals surface area (Å²) >= 11 is 13.0. The molecule has 2 heterocycles. The highest BCUT2D eigenvalue weighted by Gasteiger charge is 2.11. The van der Waals surface area contributed by atoms with Gasteiger partial charge in [0.25, 0.3) is 0 Å². The van der Waals surface area contributed by atoms with Gasteiger partial charge in [-0.1, -0.05) is 35.0 Å². The van der Waals surface area contributed by atoms with Gasteiger partial charge in [-0.05, 0) is 30.3 Å². The fraction of sp³-hybridized carbons (Fsp3) is 0.0714. The minimum Gasteiger partial charge on any atom is -0.461 e. The minimum atomic E-state index is -0.219. The zero-order valence-electron chi connectivity index (χ0n) is 11.5. The predicted molar refractivity (Wildman–Crippen MR) is 89.9 cm³/mol. The Hall–Kier alpha value is -1.96. The maximum absolute atomic E-state index is 12.0. The number of halogens is 2. The Balaban J connectivity index is 1.57. The smallest absolute Gasteiger partial charge is 0.234 e. The number of benzene rings is 1. The first-order valence-corrected chi connectivity index (χ1v) is 8.20. The van der Waals surface area contributed by atoms with Gasteiger partial charge in [0.15, 0.2) is 11.6 Å². The molecule has 6 nitrogen and oxygen atoms in total. The number of hydrogen-bond acceptors (Lipinski definition) is 5. The Bertz CT molecular complexity index is 820. The molecule has 0 unspecified atom stereocenters. The molecular weight excluding hydrogens is 359 g/mol. The van der Waals surface area contributed by atoms with Crippen LogP contribution in [-0.4, -0.2) is 26.8 Å². The van der Waals surface area contributed by atoms with Gasteiger partial charge in [0.05, 0.1) is 22.7 Å². The molecule has 0 aliphatic heterocycles. The first kappa shape index (κ1) is 15.9. The molecule has 0 radical (unpaired) electrons. The number of aromatic nitrogens is 3. The van der Waals surface area contributed by atoms with E-state index in [1.54, 1.807) is 36.6 Å². The van der Waals surface area contributed by atoms with Crippen LogP contribution in [0.4, 0.5) is 5.69 Å². The molecule has 0 fully saturated rings. The standard InChI is InChI=1S/C14H10Cl2N4O2S/c15-8-3-4-10(9(16)6-8)17-12(21)7-23-14-18-13(19-20-14)11-2-1-5-22-11/h1-6H,7H2,(H,17,21)(H,18,19,20). The molecule has 3 aromatic rings. The lowest BCUT2D eigenvalue weighted by molar-refractivity contribution is -0.113. The number of nitrogens with one attached hydrogen (secondary N) is 2. The van der Waals surface area contributed by atoms with Gasteiger partial charge in [-0.2, -0.15) is 4.98 Å². The topological polar surface area (TPSA) is 83.8 Å². The van der Waals surface area contributed by atoms with E-state index in [0.717, 1.165) is 0 Å². The second-order valence-corrected chi connectivity index (χ2v) is 6.19. The van der Waals surface area contributed by atoms with Crippen molar-refractivity contribution in [1.29, 1.82) is 0 Å². The summed E-state index contributed by atoms with van der Waals surface area (Å²) in [7, 11) is 0. The van der Waals surface area contributed by atoms with Crippen LogP contribution in [0.1, 0.15) is 0 Å². The maximum atomic E-state index is 12.0. The Morgan fingerprint density at radius 2 is 2.22 bits per heavy atom.